The molecule has 0 amide bonds. The Labute approximate surface area is 94.3 Å². The fourth-order valence-corrected chi connectivity index (χ4v) is 1.51. The van der Waals surface area contributed by atoms with Crippen LogP contribution in [0.25, 0.3) is 0 Å². The molecule has 90 valence electrons. The zero-order chi connectivity index (χ0) is 11.2. The van der Waals surface area contributed by atoms with E-state index in [2.05, 4.69) is 22.4 Å². The summed E-state index contributed by atoms with van der Waals surface area (Å²) in [5, 5.41) is 7.10. The van der Waals surface area contributed by atoms with Crippen molar-refractivity contribution in [3.8, 4) is 0 Å². The topological polar surface area (TPSA) is 69.4 Å². The molecule has 1 fully saturated rings. The number of likely N-dealkylation sites (N-methyl/N-ethyl adjacent to an activating group) is 1. The number of nitrogens with one attached hydrogen (secondary N) is 1. The second-order valence-electron chi connectivity index (χ2n) is 3.58. The largest absolute Gasteiger partial charge is 0.376 e. The van der Waals surface area contributed by atoms with Crippen molar-refractivity contribution in [3.63, 3.8) is 0 Å². The van der Waals surface area contributed by atoms with Crippen molar-refractivity contribution < 1.29 is 14.0 Å². The third-order valence-corrected chi connectivity index (χ3v) is 2.35. The second kappa shape index (κ2) is 5.93. The van der Waals surface area contributed by atoms with Crippen molar-refractivity contribution >= 4 is 0 Å². The molecule has 1 N–H and O–H groups in total. The van der Waals surface area contributed by atoms with Gasteiger partial charge in [-0.3, -0.25) is 0 Å². The highest BCUT2D eigenvalue weighted by Gasteiger charge is 2.21. The van der Waals surface area contributed by atoms with Gasteiger partial charge in [-0.25, -0.2) is 0 Å². The van der Waals surface area contributed by atoms with Gasteiger partial charge >= 0.3 is 0 Å². The van der Waals surface area contributed by atoms with Gasteiger partial charge in [-0.2, -0.15) is 4.98 Å². The van der Waals surface area contributed by atoms with Crippen LogP contribution < -0.4 is 5.32 Å². The van der Waals surface area contributed by atoms with Gasteiger partial charge in [0.25, 0.3) is 0 Å². The van der Waals surface area contributed by atoms with Crippen molar-refractivity contribution in [2.45, 2.75) is 19.4 Å². The van der Waals surface area contributed by atoms with Crippen LogP contribution in [0.15, 0.2) is 4.52 Å². The molecule has 1 aromatic rings. The summed E-state index contributed by atoms with van der Waals surface area (Å²) in [6.07, 6.45) is 0.569. The SMILES string of the molecule is CCNCCc1nc(C2COCCO2)no1. The molecule has 0 radical (unpaired) electrons. The highest BCUT2D eigenvalue weighted by Crippen LogP contribution is 2.17. The maximum Gasteiger partial charge on any atom is 0.228 e. The lowest BCUT2D eigenvalue weighted by molar-refractivity contribution is -0.0941. The first-order valence-corrected chi connectivity index (χ1v) is 5.62. The Morgan fingerprint density at radius 3 is 3.12 bits per heavy atom. The first kappa shape index (κ1) is 11.5. The predicted molar refractivity (Wildman–Crippen MR) is 56.1 cm³/mol. The maximum absolute atomic E-state index is 5.48. The van der Waals surface area contributed by atoms with Crippen molar-refractivity contribution in [1.82, 2.24) is 15.5 Å². The highest BCUT2D eigenvalue weighted by atomic mass is 16.6. The summed E-state index contributed by atoms with van der Waals surface area (Å²) in [5.41, 5.74) is 0. The molecule has 1 aliphatic rings. The van der Waals surface area contributed by atoms with Crippen LogP contribution in [-0.4, -0.2) is 43.1 Å². The average Bonchev–Trinajstić information content (AvgIpc) is 2.79. The summed E-state index contributed by atoms with van der Waals surface area (Å²) < 4.78 is 15.9. The zero-order valence-electron chi connectivity index (χ0n) is 9.44. The molecule has 1 unspecified atom stereocenters. The lowest BCUT2D eigenvalue weighted by atomic mass is 10.3. The van der Waals surface area contributed by atoms with Crippen LogP contribution in [0, 0.1) is 0 Å². The van der Waals surface area contributed by atoms with Crippen LogP contribution in [0.1, 0.15) is 24.7 Å². The van der Waals surface area contributed by atoms with Crippen LogP contribution in [0.3, 0.4) is 0 Å². The van der Waals surface area contributed by atoms with E-state index in [0.717, 1.165) is 19.5 Å². The smallest absolute Gasteiger partial charge is 0.228 e. The van der Waals surface area contributed by atoms with E-state index in [-0.39, 0.29) is 6.10 Å². The van der Waals surface area contributed by atoms with Gasteiger partial charge in [0.1, 0.15) is 6.10 Å². The van der Waals surface area contributed by atoms with E-state index in [9.17, 15) is 0 Å². The summed E-state index contributed by atoms with van der Waals surface area (Å²) >= 11 is 0. The van der Waals surface area contributed by atoms with Crippen molar-refractivity contribution in [3.05, 3.63) is 11.7 Å². The Bertz CT molecular complexity index is 310. The zero-order valence-corrected chi connectivity index (χ0v) is 9.44. The van der Waals surface area contributed by atoms with Crippen LogP contribution in [-0.2, 0) is 15.9 Å². The number of hydrogen-bond donors (Lipinski definition) is 1. The fraction of sp³-hybridized carbons (Fsp3) is 0.800. The Morgan fingerprint density at radius 2 is 2.38 bits per heavy atom. The molecule has 1 saturated heterocycles. The van der Waals surface area contributed by atoms with Crippen molar-refractivity contribution in [2.24, 2.45) is 0 Å². The van der Waals surface area contributed by atoms with E-state index in [1.807, 2.05) is 0 Å². The van der Waals surface area contributed by atoms with E-state index >= 15 is 0 Å². The highest BCUT2D eigenvalue weighted by molar-refractivity contribution is 4.92. The molecule has 0 saturated carbocycles. The van der Waals surface area contributed by atoms with Crippen LogP contribution >= 0.6 is 0 Å². The minimum Gasteiger partial charge on any atom is -0.376 e. The molecule has 1 aliphatic heterocycles. The lowest BCUT2D eigenvalue weighted by Crippen LogP contribution is -2.22. The first-order valence-electron chi connectivity index (χ1n) is 5.62. The molecule has 16 heavy (non-hydrogen) atoms. The molecule has 0 bridgehead atoms. The standard InChI is InChI=1S/C10H17N3O3/c1-2-11-4-3-9-12-10(13-16-9)8-7-14-5-6-15-8/h8,11H,2-7H2,1H3. The number of ether oxygens (including phenoxy) is 2. The quantitative estimate of drug-likeness (QED) is 0.730. The van der Waals surface area contributed by atoms with E-state index in [1.54, 1.807) is 0 Å². The fourth-order valence-electron chi connectivity index (χ4n) is 1.51. The monoisotopic (exact) mass is 227 g/mol. The third-order valence-electron chi connectivity index (χ3n) is 2.35. The summed E-state index contributed by atoms with van der Waals surface area (Å²) in [7, 11) is 0. The Balaban J connectivity index is 1.85. The minimum atomic E-state index is -0.176. The number of aromatic nitrogens is 2. The molecule has 2 rings (SSSR count). The van der Waals surface area contributed by atoms with Gasteiger partial charge in [-0.1, -0.05) is 12.1 Å². The van der Waals surface area contributed by atoms with Crippen LogP contribution in [0.4, 0.5) is 0 Å². The van der Waals surface area contributed by atoms with E-state index in [4.69, 9.17) is 14.0 Å². The Kier molecular flexibility index (Phi) is 4.26. The maximum atomic E-state index is 5.48. The van der Waals surface area contributed by atoms with Gasteiger partial charge in [0.15, 0.2) is 0 Å². The molecular formula is C10H17N3O3. The minimum absolute atomic E-state index is 0.176. The first-order chi connectivity index (χ1) is 7.90. The Hall–Kier alpha value is -0.980. The molecule has 6 heteroatoms. The van der Waals surface area contributed by atoms with Gasteiger partial charge in [-0.05, 0) is 6.54 Å². The van der Waals surface area contributed by atoms with E-state index in [0.29, 0.717) is 31.5 Å². The summed E-state index contributed by atoms with van der Waals surface area (Å²) in [5.74, 6) is 1.23. The molecule has 1 aromatic heterocycles. The molecule has 0 aliphatic carbocycles. The number of rotatable bonds is 5. The van der Waals surface area contributed by atoms with Gasteiger partial charge < -0.3 is 19.3 Å². The Morgan fingerprint density at radius 1 is 1.44 bits per heavy atom. The molecular weight excluding hydrogens is 210 g/mol. The average molecular weight is 227 g/mol. The predicted octanol–water partition coefficient (Wildman–Crippen LogP) is 0.309. The van der Waals surface area contributed by atoms with Gasteiger partial charge in [0, 0.05) is 13.0 Å². The van der Waals surface area contributed by atoms with Crippen molar-refractivity contribution in [2.75, 3.05) is 32.9 Å². The molecule has 6 nitrogen and oxygen atoms in total. The van der Waals surface area contributed by atoms with Crippen LogP contribution in [0.2, 0.25) is 0 Å². The van der Waals surface area contributed by atoms with Gasteiger partial charge in [-0.15, -0.1) is 0 Å². The van der Waals surface area contributed by atoms with Crippen LogP contribution in [0.5, 0.6) is 0 Å². The number of nitrogens with zero attached hydrogens (tertiary/aromatic N) is 2. The van der Waals surface area contributed by atoms with E-state index in [1.165, 1.54) is 0 Å². The third kappa shape index (κ3) is 3.01. The molecule has 0 spiro atoms. The molecule has 0 aromatic carbocycles. The summed E-state index contributed by atoms with van der Waals surface area (Å²) in [6.45, 7) is 5.59. The molecule has 2 heterocycles. The van der Waals surface area contributed by atoms with Crippen molar-refractivity contribution in [1.29, 1.82) is 0 Å². The summed E-state index contributed by atoms with van der Waals surface area (Å²) in [6, 6.07) is 0. The number of hydrogen-bond acceptors (Lipinski definition) is 6. The van der Waals surface area contributed by atoms with E-state index < -0.39 is 0 Å². The second-order valence-corrected chi connectivity index (χ2v) is 3.58. The van der Waals surface area contributed by atoms with Gasteiger partial charge in [0.05, 0.1) is 19.8 Å². The molecule has 1 atom stereocenters. The lowest BCUT2D eigenvalue weighted by Gasteiger charge is -2.19. The van der Waals surface area contributed by atoms with Gasteiger partial charge in [0.2, 0.25) is 11.7 Å². The summed E-state index contributed by atoms with van der Waals surface area (Å²) in [4.78, 5) is 4.28. The normalized spacial score (nSPS) is 21.2.